The van der Waals surface area contributed by atoms with Gasteiger partial charge in [-0.15, -0.1) is 0 Å². The molecule has 0 spiro atoms. The number of hydrogen-bond donors (Lipinski definition) is 0. The summed E-state index contributed by atoms with van der Waals surface area (Å²) in [5, 5.41) is 0. The van der Waals surface area contributed by atoms with Gasteiger partial charge in [-0.1, -0.05) is 92.9 Å². The van der Waals surface area contributed by atoms with E-state index in [0.717, 1.165) is 6.42 Å². The van der Waals surface area contributed by atoms with Gasteiger partial charge in [0.2, 0.25) is 0 Å². The molecule has 1 atom stereocenters. The van der Waals surface area contributed by atoms with Gasteiger partial charge in [0.1, 0.15) is 0 Å². The fraction of sp³-hybridized carbons (Fsp3) is 0.385. The molecule has 1 aliphatic rings. The second kappa shape index (κ2) is 7.66. The van der Waals surface area contributed by atoms with Crippen LogP contribution in [-0.2, 0) is 5.41 Å². The molecule has 0 aliphatic heterocycles. The lowest BCUT2D eigenvalue weighted by Crippen LogP contribution is -2.33. The van der Waals surface area contributed by atoms with Crippen molar-refractivity contribution in [1.29, 1.82) is 0 Å². The van der Waals surface area contributed by atoms with E-state index in [-0.39, 0.29) is 5.41 Å². The van der Waals surface area contributed by atoms with Gasteiger partial charge in [0.15, 0.2) is 0 Å². The maximum absolute atomic E-state index is 2.40. The van der Waals surface area contributed by atoms with Gasteiger partial charge >= 0.3 is 0 Å². The van der Waals surface area contributed by atoms with Crippen molar-refractivity contribution >= 4 is 0 Å². The number of hydrogen-bond acceptors (Lipinski definition) is 0. The van der Waals surface area contributed by atoms with Crippen LogP contribution in [0.1, 0.15) is 65.0 Å². The highest BCUT2D eigenvalue weighted by atomic mass is 14.5. The molecule has 0 radical (unpaired) electrons. The van der Waals surface area contributed by atoms with E-state index in [2.05, 4.69) is 95.3 Å². The van der Waals surface area contributed by atoms with E-state index >= 15 is 0 Å². The zero-order valence-electron chi connectivity index (χ0n) is 17.0. The molecule has 136 valence electrons. The first-order chi connectivity index (χ1) is 12.5. The maximum atomic E-state index is 2.40. The third-order valence-corrected chi connectivity index (χ3v) is 6.54. The van der Waals surface area contributed by atoms with Gasteiger partial charge in [-0.3, -0.25) is 0 Å². The van der Waals surface area contributed by atoms with Crippen molar-refractivity contribution in [3.63, 3.8) is 0 Å². The molecule has 0 nitrogen and oxygen atoms in total. The summed E-state index contributed by atoms with van der Waals surface area (Å²) in [6.45, 7) is 11.7. The van der Waals surface area contributed by atoms with Crippen LogP contribution in [0, 0.1) is 5.92 Å². The Morgan fingerprint density at radius 3 is 1.65 bits per heavy atom. The van der Waals surface area contributed by atoms with Crippen LogP contribution in [-0.4, -0.2) is 0 Å². The van der Waals surface area contributed by atoms with Gasteiger partial charge in [0.05, 0.1) is 0 Å². The van der Waals surface area contributed by atoms with Gasteiger partial charge in [-0.2, -0.15) is 0 Å². The normalized spacial score (nSPS) is 18.0. The predicted octanol–water partition coefficient (Wildman–Crippen LogP) is 7.47. The fourth-order valence-electron chi connectivity index (χ4n) is 4.84. The number of unbranched alkanes of at least 4 members (excludes halogenated alkanes) is 1. The Bertz CT molecular complexity index is 766. The molecule has 1 unspecified atom stereocenters. The lowest BCUT2D eigenvalue weighted by atomic mass is 9.62. The molecule has 0 fully saturated rings. The van der Waals surface area contributed by atoms with Gasteiger partial charge in [-0.25, -0.2) is 0 Å². The number of benzene rings is 2. The van der Waals surface area contributed by atoms with E-state index in [0.29, 0.717) is 5.92 Å². The van der Waals surface area contributed by atoms with Gasteiger partial charge in [-0.05, 0) is 61.0 Å². The minimum absolute atomic E-state index is 0.0406. The third-order valence-electron chi connectivity index (χ3n) is 6.54. The summed E-state index contributed by atoms with van der Waals surface area (Å²) in [5.74, 6) is 0.493. The van der Waals surface area contributed by atoms with E-state index in [4.69, 9.17) is 0 Å². The summed E-state index contributed by atoms with van der Waals surface area (Å²) < 4.78 is 0. The van der Waals surface area contributed by atoms with Crippen LogP contribution < -0.4 is 0 Å². The summed E-state index contributed by atoms with van der Waals surface area (Å²) in [4.78, 5) is 0. The van der Waals surface area contributed by atoms with E-state index in [9.17, 15) is 0 Å². The number of rotatable bonds is 6. The molecule has 0 heterocycles. The quantitative estimate of drug-likeness (QED) is 0.510. The zero-order valence-corrected chi connectivity index (χ0v) is 17.0. The first kappa shape index (κ1) is 18.7. The second-order valence-electron chi connectivity index (χ2n) is 7.81. The van der Waals surface area contributed by atoms with Crippen molar-refractivity contribution in [3.8, 4) is 0 Å². The van der Waals surface area contributed by atoms with E-state index in [1.165, 1.54) is 40.7 Å². The van der Waals surface area contributed by atoms with Crippen LogP contribution >= 0.6 is 0 Å². The largest absolute Gasteiger partial charge is 0.0654 e. The summed E-state index contributed by atoms with van der Waals surface area (Å²) >= 11 is 0. The standard InChI is InChI=1S/C26H32/c1-6-7-18-26(23-14-10-8-11-15-23,24-16-12-9-13-17-24)25-21(4)19(2)20(3)22(25)5/h8-17,21H,6-7,18H2,1-5H3. The SMILES string of the molecule is CCCCC(C1=C(C)C(C)=C(C)C1C)(c1ccccc1)c1ccccc1. The summed E-state index contributed by atoms with van der Waals surface area (Å²) in [6, 6.07) is 22.4. The molecule has 2 aromatic rings. The van der Waals surface area contributed by atoms with Crippen molar-refractivity contribution in [2.24, 2.45) is 5.92 Å². The lowest BCUT2D eigenvalue weighted by molar-refractivity contribution is 0.481. The van der Waals surface area contributed by atoms with E-state index in [1.807, 2.05) is 0 Å². The molecule has 3 rings (SSSR count). The maximum Gasteiger partial charge on any atom is 0.0422 e. The molecule has 26 heavy (non-hydrogen) atoms. The van der Waals surface area contributed by atoms with Crippen molar-refractivity contribution in [2.45, 2.75) is 59.3 Å². The Morgan fingerprint density at radius 1 is 0.769 bits per heavy atom. The summed E-state index contributed by atoms with van der Waals surface area (Å²) in [5.41, 5.74) is 8.95. The van der Waals surface area contributed by atoms with Gasteiger partial charge in [0.25, 0.3) is 0 Å². The monoisotopic (exact) mass is 344 g/mol. The van der Waals surface area contributed by atoms with Gasteiger partial charge < -0.3 is 0 Å². The first-order valence-corrected chi connectivity index (χ1v) is 10.0. The highest BCUT2D eigenvalue weighted by molar-refractivity contribution is 5.59. The van der Waals surface area contributed by atoms with Crippen molar-refractivity contribution in [2.75, 3.05) is 0 Å². The van der Waals surface area contributed by atoms with Crippen LogP contribution in [0.15, 0.2) is 83.0 Å². The zero-order chi connectivity index (χ0) is 18.7. The van der Waals surface area contributed by atoms with Crippen LogP contribution in [0.2, 0.25) is 0 Å². The molecule has 0 aromatic heterocycles. The molecule has 1 aliphatic carbocycles. The van der Waals surface area contributed by atoms with Crippen molar-refractivity contribution in [3.05, 3.63) is 94.1 Å². The third kappa shape index (κ3) is 2.96. The fourth-order valence-corrected chi connectivity index (χ4v) is 4.84. The molecule has 0 N–H and O–H groups in total. The van der Waals surface area contributed by atoms with Crippen LogP contribution in [0.5, 0.6) is 0 Å². The van der Waals surface area contributed by atoms with Crippen LogP contribution in [0.3, 0.4) is 0 Å². The topological polar surface area (TPSA) is 0 Å². The lowest BCUT2D eigenvalue weighted by Gasteiger charge is -2.40. The molecular formula is C26H32. The number of allylic oxidation sites excluding steroid dienone is 4. The molecule has 0 saturated carbocycles. The van der Waals surface area contributed by atoms with Crippen LogP contribution in [0.4, 0.5) is 0 Å². The van der Waals surface area contributed by atoms with Crippen LogP contribution in [0.25, 0.3) is 0 Å². The molecule has 2 aromatic carbocycles. The molecular weight excluding hydrogens is 312 g/mol. The Hall–Kier alpha value is -2.08. The molecule has 0 saturated heterocycles. The minimum Gasteiger partial charge on any atom is -0.0654 e. The highest BCUT2D eigenvalue weighted by Gasteiger charge is 2.43. The first-order valence-electron chi connectivity index (χ1n) is 10.0. The van der Waals surface area contributed by atoms with Crippen molar-refractivity contribution < 1.29 is 0 Å². The molecule has 0 amide bonds. The smallest absolute Gasteiger partial charge is 0.0422 e. The molecule has 0 heteroatoms. The highest BCUT2D eigenvalue weighted by Crippen LogP contribution is 2.52. The van der Waals surface area contributed by atoms with E-state index in [1.54, 1.807) is 5.57 Å². The van der Waals surface area contributed by atoms with E-state index < -0.39 is 0 Å². The Kier molecular flexibility index (Phi) is 5.51. The second-order valence-corrected chi connectivity index (χ2v) is 7.81. The molecule has 0 bridgehead atoms. The average molecular weight is 345 g/mol. The Morgan fingerprint density at radius 2 is 1.27 bits per heavy atom. The van der Waals surface area contributed by atoms with Gasteiger partial charge in [0, 0.05) is 5.41 Å². The minimum atomic E-state index is -0.0406. The Balaban J connectivity index is 2.32. The summed E-state index contributed by atoms with van der Waals surface area (Å²) in [7, 11) is 0. The van der Waals surface area contributed by atoms with Crippen molar-refractivity contribution in [1.82, 2.24) is 0 Å². The summed E-state index contributed by atoms with van der Waals surface area (Å²) in [6.07, 6.45) is 3.61. The average Bonchev–Trinajstić information content (AvgIpc) is 2.88. The Labute approximate surface area is 159 Å². The predicted molar refractivity (Wildman–Crippen MR) is 113 cm³/mol.